The van der Waals surface area contributed by atoms with Crippen LogP contribution in [0, 0.1) is 6.92 Å². The summed E-state index contributed by atoms with van der Waals surface area (Å²) in [5, 5.41) is 5.68. The van der Waals surface area contributed by atoms with Crippen LogP contribution in [0.1, 0.15) is 17.6 Å². The number of rotatable bonds is 3. The molecule has 1 aliphatic heterocycles. The average molecular weight is 329 g/mol. The summed E-state index contributed by atoms with van der Waals surface area (Å²) >= 11 is 0. The van der Waals surface area contributed by atoms with E-state index in [1.54, 1.807) is 19.1 Å². The zero-order valence-electron chi connectivity index (χ0n) is 12.5. The van der Waals surface area contributed by atoms with Crippen LogP contribution in [0.15, 0.2) is 51.9 Å². The smallest absolute Gasteiger partial charge is 0.243 e. The zero-order valence-corrected chi connectivity index (χ0v) is 13.3. The summed E-state index contributed by atoms with van der Waals surface area (Å²) in [6, 6.07) is 12.9. The van der Waals surface area contributed by atoms with Gasteiger partial charge in [0, 0.05) is 13.1 Å². The number of aromatic nitrogens is 2. The van der Waals surface area contributed by atoms with Crippen LogP contribution < -0.4 is 0 Å². The Bertz CT molecular complexity index is 975. The predicted octanol–water partition coefficient (Wildman–Crippen LogP) is 2.32. The van der Waals surface area contributed by atoms with E-state index in [4.69, 9.17) is 4.52 Å². The molecule has 4 rings (SSSR count). The molecular weight excluding hydrogens is 314 g/mol. The number of aryl methyl sites for hydroxylation is 1. The van der Waals surface area contributed by atoms with Gasteiger partial charge in [0.05, 0.1) is 10.8 Å². The number of nitrogens with zero attached hydrogens (tertiary/aromatic N) is 3. The van der Waals surface area contributed by atoms with E-state index in [9.17, 15) is 8.42 Å². The summed E-state index contributed by atoms with van der Waals surface area (Å²) in [6.45, 7) is 2.49. The van der Waals surface area contributed by atoms with Crippen molar-refractivity contribution in [3.8, 4) is 0 Å². The maximum absolute atomic E-state index is 12.7. The van der Waals surface area contributed by atoms with E-state index >= 15 is 0 Å². The second kappa shape index (κ2) is 5.14. The molecule has 0 N–H and O–H groups in total. The highest BCUT2D eigenvalue weighted by Crippen LogP contribution is 2.32. The maximum Gasteiger partial charge on any atom is 0.243 e. The summed E-state index contributed by atoms with van der Waals surface area (Å²) in [4.78, 5) is 4.48. The van der Waals surface area contributed by atoms with Crippen molar-refractivity contribution in [3.63, 3.8) is 0 Å². The van der Waals surface area contributed by atoms with Gasteiger partial charge in [-0.05, 0) is 29.8 Å². The Morgan fingerprint density at radius 2 is 1.87 bits per heavy atom. The van der Waals surface area contributed by atoms with E-state index in [1.165, 1.54) is 4.31 Å². The highest BCUT2D eigenvalue weighted by molar-refractivity contribution is 7.89. The molecule has 2 aromatic carbocycles. The van der Waals surface area contributed by atoms with Gasteiger partial charge in [-0.15, -0.1) is 0 Å². The van der Waals surface area contributed by atoms with Gasteiger partial charge < -0.3 is 4.52 Å². The van der Waals surface area contributed by atoms with Gasteiger partial charge >= 0.3 is 0 Å². The van der Waals surface area contributed by atoms with E-state index in [-0.39, 0.29) is 5.92 Å². The first-order valence-electron chi connectivity index (χ1n) is 7.33. The Balaban J connectivity index is 1.58. The Labute approximate surface area is 133 Å². The Morgan fingerprint density at radius 1 is 1.13 bits per heavy atom. The molecule has 0 spiro atoms. The number of fused-ring (bicyclic) bond motifs is 1. The lowest BCUT2D eigenvalue weighted by Crippen LogP contribution is -2.48. The topological polar surface area (TPSA) is 76.3 Å². The molecule has 0 atom stereocenters. The molecule has 0 bridgehead atoms. The molecule has 3 aromatic rings. The van der Waals surface area contributed by atoms with Crippen LogP contribution in [0.5, 0.6) is 0 Å². The summed E-state index contributed by atoms with van der Waals surface area (Å²) in [5.74, 6) is 1.05. The second-order valence-electron chi connectivity index (χ2n) is 5.71. The lowest BCUT2D eigenvalue weighted by Gasteiger charge is -2.35. The van der Waals surface area contributed by atoms with Gasteiger partial charge in [0.15, 0.2) is 5.82 Å². The van der Waals surface area contributed by atoms with E-state index in [0.29, 0.717) is 29.7 Å². The SMILES string of the molecule is Cc1noc(C2CN(S(=O)(=O)c3ccc4ccccc4c3)C2)n1. The van der Waals surface area contributed by atoms with Crippen molar-refractivity contribution in [2.24, 2.45) is 0 Å². The molecule has 1 aromatic heterocycles. The van der Waals surface area contributed by atoms with E-state index in [2.05, 4.69) is 10.1 Å². The van der Waals surface area contributed by atoms with Gasteiger partial charge in [-0.25, -0.2) is 8.42 Å². The molecule has 23 heavy (non-hydrogen) atoms. The number of benzene rings is 2. The summed E-state index contributed by atoms with van der Waals surface area (Å²) < 4.78 is 32.0. The van der Waals surface area contributed by atoms with Crippen LogP contribution in [0.2, 0.25) is 0 Å². The fraction of sp³-hybridized carbons (Fsp3) is 0.250. The lowest BCUT2D eigenvalue weighted by molar-refractivity contribution is 0.216. The van der Waals surface area contributed by atoms with Crippen LogP contribution >= 0.6 is 0 Å². The Hall–Kier alpha value is -2.25. The fourth-order valence-electron chi connectivity index (χ4n) is 2.75. The van der Waals surface area contributed by atoms with Crippen molar-refractivity contribution in [2.75, 3.05) is 13.1 Å². The fourth-order valence-corrected chi connectivity index (χ4v) is 4.31. The molecule has 0 unspecified atom stereocenters. The normalized spacial score (nSPS) is 16.6. The van der Waals surface area contributed by atoms with Crippen molar-refractivity contribution in [1.29, 1.82) is 0 Å². The molecule has 0 radical (unpaired) electrons. The van der Waals surface area contributed by atoms with E-state index in [0.717, 1.165) is 10.8 Å². The highest BCUT2D eigenvalue weighted by atomic mass is 32.2. The second-order valence-corrected chi connectivity index (χ2v) is 7.65. The lowest BCUT2D eigenvalue weighted by atomic mass is 10.0. The third kappa shape index (κ3) is 2.42. The molecule has 1 aliphatic rings. The van der Waals surface area contributed by atoms with Gasteiger partial charge in [-0.3, -0.25) is 0 Å². The molecule has 7 heteroatoms. The van der Waals surface area contributed by atoms with Crippen LogP contribution in [-0.2, 0) is 10.0 Å². The molecule has 2 heterocycles. The molecule has 118 valence electrons. The molecule has 0 amide bonds. The van der Waals surface area contributed by atoms with Crippen molar-refractivity contribution in [3.05, 3.63) is 54.2 Å². The predicted molar refractivity (Wildman–Crippen MR) is 84.5 cm³/mol. The molecule has 1 fully saturated rings. The molecule has 6 nitrogen and oxygen atoms in total. The minimum atomic E-state index is -3.48. The number of hydrogen-bond acceptors (Lipinski definition) is 5. The monoisotopic (exact) mass is 329 g/mol. The third-order valence-electron chi connectivity index (χ3n) is 4.10. The highest BCUT2D eigenvalue weighted by Gasteiger charge is 2.40. The van der Waals surface area contributed by atoms with Crippen LogP contribution in [0.25, 0.3) is 10.8 Å². The van der Waals surface area contributed by atoms with Gasteiger partial charge in [-0.2, -0.15) is 9.29 Å². The maximum atomic E-state index is 12.7. The number of sulfonamides is 1. The zero-order chi connectivity index (χ0) is 16.0. The number of hydrogen-bond donors (Lipinski definition) is 0. The van der Waals surface area contributed by atoms with Crippen molar-refractivity contribution >= 4 is 20.8 Å². The van der Waals surface area contributed by atoms with Crippen molar-refractivity contribution in [1.82, 2.24) is 14.4 Å². The van der Waals surface area contributed by atoms with Crippen LogP contribution in [0.4, 0.5) is 0 Å². The quantitative estimate of drug-likeness (QED) is 0.737. The van der Waals surface area contributed by atoms with Gasteiger partial charge in [-0.1, -0.05) is 35.5 Å². The standard InChI is InChI=1S/C16H15N3O3S/c1-11-17-16(22-18-11)14-9-19(10-14)23(20,21)15-7-6-12-4-2-3-5-13(12)8-15/h2-8,14H,9-10H2,1H3. The van der Waals surface area contributed by atoms with Crippen molar-refractivity contribution < 1.29 is 12.9 Å². The van der Waals surface area contributed by atoms with E-state index in [1.807, 2.05) is 30.3 Å². The molecular formula is C16H15N3O3S. The Morgan fingerprint density at radius 3 is 2.57 bits per heavy atom. The first-order chi connectivity index (χ1) is 11.0. The molecule has 0 aliphatic carbocycles. The minimum Gasteiger partial charge on any atom is -0.339 e. The first-order valence-corrected chi connectivity index (χ1v) is 8.77. The Kier molecular flexibility index (Phi) is 3.21. The summed E-state index contributed by atoms with van der Waals surface area (Å²) in [6.07, 6.45) is 0. The largest absolute Gasteiger partial charge is 0.339 e. The van der Waals surface area contributed by atoms with Gasteiger partial charge in [0.2, 0.25) is 15.9 Å². The van der Waals surface area contributed by atoms with Gasteiger partial charge in [0.25, 0.3) is 0 Å². The van der Waals surface area contributed by atoms with Gasteiger partial charge in [0.1, 0.15) is 0 Å². The van der Waals surface area contributed by atoms with E-state index < -0.39 is 10.0 Å². The molecule has 1 saturated heterocycles. The van der Waals surface area contributed by atoms with Crippen LogP contribution in [-0.4, -0.2) is 36.0 Å². The summed E-state index contributed by atoms with van der Waals surface area (Å²) in [5.41, 5.74) is 0. The minimum absolute atomic E-state index is 0.0218. The van der Waals surface area contributed by atoms with Crippen LogP contribution in [0.3, 0.4) is 0 Å². The summed E-state index contributed by atoms with van der Waals surface area (Å²) in [7, 11) is -3.48. The third-order valence-corrected chi connectivity index (χ3v) is 5.93. The molecule has 0 saturated carbocycles. The van der Waals surface area contributed by atoms with Crippen molar-refractivity contribution in [2.45, 2.75) is 17.7 Å². The average Bonchev–Trinajstić information content (AvgIpc) is 2.91. The first kappa shape index (κ1) is 14.3.